The van der Waals surface area contributed by atoms with Gasteiger partial charge in [0.1, 0.15) is 5.82 Å². The molecule has 1 fully saturated rings. The van der Waals surface area contributed by atoms with Gasteiger partial charge in [-0.3, -0.25) is 4.90 Å². The lowest BCUT2D eigenvalue weighted by molar-refractivity contribution is 0.215. The van der Waals surface area contributed by atoms with Crippen LogP contribution in [0.3, 0.4) is 0 Å². The fourth-order valence-corrected chi connectivity index (χ4v) is 2.68. The number of anilines is 1. The Labute approximate surface area is 125 Å². The summed E-state index contributed by atoms with van der Waals surface area (Å²) in [5.41, 5.74) is 5.76. The summed E-state index contributed by atoms with van der Waals surface area (Å²) in [5, 5.41) is 12.0. The maximum atomic E-state index is 8.86. The highest BCUT2D eigenvalue weighted by Crippen LogP contribution is 2.18. The quantitative estimate of drug-likeness (QED) is 0.360. The first-order valence-electron chi connectivity index (χ1n) is 7.17. The van der Waals surface area contributed by atoms with Crippen molar-refractivity contribution in [3.8, 4) is 5.88 Å². The Morgan fingerprint density at radius 1 is 1.43 bits per heavy atom. The Morgan fingerprint density at radius 2 is 2.14 bits per heavy atom. The van der Waals surface area contributed by atoms with E-state index >= 15 is 0 Å². The van der Waals surface area contributed by atoms with Crippen LogP contribution in [-0.2, 0) is 0 Å². The normalized spacial score (nSPS) is 18.6. The van der Waals surface area contributed by atoms with E-state index in [-0.39, 0.29) is 11.9 Å². The maximum Gasteiger partial charge on any atom is 0.214 e. The third kappa shape index (κ3) is 3.55. The minimum atomic E-state index is -0.00424. The van der Waals surface area contributed by atoms with Crippen LogP contribution >= 0.6 is 0 Å². The molecule has 0 amide bonds. The van der Waals surface area contributed by atoms with Crippen LogP contribution < -0.4 is 15.4 Å². The van der Waals surface area contributed by atoms with Crippen LogP contribution in [0.15, 0.2) is 23.4 Å². The Bertz CT molecular complexity index is 486. The van der Waals surface area contributed by atoms with E-state index in [2.05, 4.69) is 19.9 Å². The molecular weight excluding hydrogens is 270 g/mol. The minimum absolute atomic E-state index is 0.00424. The number of nitrogens with two attached hydrogens (primary N) is 1. The Hall–Kier alpha value is -2.02. The standard InChI is InChI=1S/C14H23N5O2/c1-3-11(14(15)17-20)18-7-9-19(10-8-18)12-5-4-6-13(16-12)21-2/h4-6,11,20H,3,7-10H2,1-2H3,(H2,15,17). The molecule has 7 heteroatoms. The first-order valence-corrected chi connectivity index (χ1v) is 7.17. The van der Waals surface area contributed by atoms with Crippen LogP contribution in [0.2, 0.25) is 0 Å². The molecule has 0 aliphatic carbocycles. The zero-order valence-electron chi connectivity index (χ0n) is 12.6. The Balaban J connectivity index is 1.99. The molecule has 1 atom stereocenters. The highest BCUT2D eigenvalue weighted by atomic mass is 16.5. The van der Waals surface area contributed by atoms with E-state index in [0.717, 1.165) is 38.4 Å². The maximum absolute atomic E-state index is 8.86. The fourth-order valence-electron chi connectivity index (χ4n) is 2.68. The lowest BCUT2D eigenvalue weighted by Gasteiger charge is -2.39. The van der Waals surface area contributed by atoms with Gasteiger partial charge in [0.25, 0.3) is 0 Å². The van der Waals surface area contributed by atoms with Gasteiger partial charge in [-0.1, -0.05) is 18.1 Å². The summed E-state index contributed by atoms with van der Waals surface area (Å²) in [6.45, 7) is 5.46. The van der Waals surface area contributed by atoms with Crippen molar-refractivity contribution in [1.82, 2.24) is 9.88 Å². The molecule has 0 spiro atoms. The molecule has 2 heterocycles. The van der Waals surface area contributed by atoms with E-state index in [1.807, 2.05) is 25.1 Å². The van der Waals surface area contributed by atoms with E-state index in [0.29, 0.717) is 5.88 Å². The number of pyridine rings is 1. The third-order valence-corrected chi connectivity index (χ3v) is 3.84. The number of amidine groups is 1. The molecule has 0 radical (unpaired) electrons. The van der Waals surface area contributed by atoms with Crippen molar-refractivity contribution in [1.29, 1.82) is 0 Å². The third-order valence-electron chi connectivity index (χ3n) is 3.84. The van der Waals surface area contributed by atoms with Crippen LogP contribution in [0.5, 0.6) is 5.88 Å². The smallest absolute Gasteiger partial charge is 0.214 e. The lowest BCUT2D eigenvalue weighted by atomic mass is 10.1. The van der Waals surface area contributed by atoms with Gasteiger partial charge in [-0.25, -0.2) is 0 Å². The fraction of sp³-hybridized carbons (Fsp3) is 0.571. The number of ether oxygens (including phenoxy) is 1. The molecule has 1 aromatic heterocycles. The van der Waals surface area contributed by atoms with Gasteiger partial charge in [-0.05, 0) is 12.5 Å². The Kier molecular flexibility index (Phi) is 5.21. The topological polar surface area (TPSA) is 87.2 Å². The lowest BCUT2D eigenvalue weighted by Crippen LogP contribution is -2.54. The van der Waals surface area contributed by atoms with Crippen molar-refractivity contribution in [3.63, 3.8) is 0 Å². The molecule has 116 valence electrons. The molecule has 0 bridgehead atoms. The highest BCUT2D eigenvalue weighted by Gasteiger charge is 2.26. The molecule has 21 heavy (non-hydrogen) atoms. The number of rotatable bonds is 5. The van der Waals surface area contributed by atoms with Gasteiger partial charge in [-0.2, -0.15) is 4.98 Å². The summed E-state index contributed by atoms with van der Waals surface area (Å²) in [6, 6.07) is 5.76. The van der Waals surface area contributed by atoms with Gasteiger partial charge in [0.05, 0.1) is 13.2 Å². The zero-order chi connectivity index (χ0) is 15.2. The second-order valence-corrected chi connectivity index (χ2v) is 5.01. The predicted molar refractivity (Wildman–Crippen MR) is 82.1 cm³/mol. The molecule has 1 unspecified atom stereocenters. The van der Waals surface area contributed by atoms with Crippen LogP contribution in [0.25, 0.3) is 0 Å². The number of hydrogen-bond donors (Lipinski definition) is 2. The van der Waals surface area contributed by atoms with Gasteiger partial charge < -0.3 is 20.6 Å². The van der Waals surface area contributed by atoms with Crippen molar-refractivity contribution in [2.75, 3.05) is 38.2 Å². The highest BCUT2D eigenvalue weighted by molar-refractivity contribution is 5.85. The molecule has 0 saturated carbocycles. The second-order valence-electron chi connectivity index (χ2n) is 5.01. The van der Waals surface area contributed by atoms with E-state index in [1.165, 1.54) is 0 Å². The SMILES string of the molecule is CCC(C(N)=NO)N1CCN(c2cccc(OC)n2)CC1. The van der Waals surface area contributed by atoms with Gasteiger partial charge in [0.15, 0.2) is 5.84 Å². The number of hydrogen-bond acceptors (Lipinski definition) is 6. The number of oxime groups is 1. The van der Waals surface area contributed by atoms with Crippen molar-refractivity contribution in [2.24, 2.45) is 10.9 Å². The average Bonchev–Trinajstić information content (AvgIpc) is 2.56. The van der Waals surface area contributed by atoms with Crippen LogP contribution in [0.1, 0.15) is 13.3 Å². The molecule has 0 aromatic carbocycles. The van der Waals surface area contributed by atoms with Gasteiger partial charge in [-0.15, -0.1) is 0 Å². The largest absolute Gasteiger partial charge is 0.481 e. The summed E-state index contributed by atoms with van der Waals surface area (Å²) in [7, 11) is 1.62. The molecule has 2 rings (SSSR count). The number of nitrogens with zero attached hydrogens (tertiary/aromatic N) is 4. The second kappa shape index (κ2) is 7.12. The van der Waals surface area contributed by atoms with Gasteiger partial charge in [0, 0.05) is 32.2 Å². The molecule has 7 nitrogen and oxygen atoms in total. The molecule has 1 aliphatic heterocycles. The number of aromatic nitrogens is 1. The van der Waals surface area contributed by atoms with E-state index < -0.39 is 0 Å². The van der Waals surface area contributed by atoms with Gasteiger partial charge in [0.2, 0.25) is 5.88 Å². The first kappa shape index (κ1) is 15.4. The average molecular weight is 293 g/mol. The molecule has 3 N–H and O–H groups in total. The predicted octanol–water partition coefficient (Wildman–Crippen LogP) is 0.737. The van der Waals surface area contributed by atoms with Crippen molar-refractivity contribution in [3.05, 3.63) is 18.2 Å². The summed E-state index contributed by atoms with van der Waals surface area (Å²) in [6.07, 6.45) is 0.827. The first-order chi connectivity index (χ1) is 10.2. The van der Waals surface area contributed by atoms with Crippen molar-refractivity contribution < 1.29 is 9.94 Å². The van der Waals surface area contributed by atoms with E-state index in [1.54, 1.807) is 7.11 Å². The van der Waals surface area contributed by atoms with Crippen LogP contribution in [0, 0.1) is 0 Å². The molecule has 1 aliphatic rings. The van der Waals surface area contributed by atoms with E-state index in [4.69, 9.17) is 15.7 Å². The van der Waals surface area contributed by atoms with Gasteiger partial charge >= 0.3 is 0 Å². The zero-order valence-corrected chi connectivity index (χ0v) is 12.6. The summed E-state index contributed by atoms with van der Waals surface area (Å²) < 4.78 is 5.16. The van der Waals surface area contributed by atoms with E-state index in [9.17, 15) is 0 Å². The minimum Gasteiger partial charge on any atom is -0.481 e. The summed E-state index contributed by atoms with van der Waals surface area (Å²) in [5.74, 6) is 1.83. The summed E-state index contributed by atoms with van der Waals surface area (Å²) >= 11 is 0. The number of methoxy groups -OCH3 is 1. The number of piperazine rings is 1. The van der Waals surface area contributed by atoms with Crippen molar-refractivity contribution >= 4 is 11.7 Å². The van der Waals surface area contributed by atoms with Crippen molar-refractivity contribution in [2.45, 2.75) is 19.4 Å². The Morgan fingerprint density at radius 3 is 2.71 bits per heavy atom. The molecule has 1 aromatic rings. The summed E-state index contributed by atoms with van der Waals surface area (Å²) in [4.78, 5) is 8.92. The van der Waals surface area contributed by atoms with Crippen LogP contribution in [0.4, 0.5) is 5.82 Å². The van der Waals surface area contributed by atoms with Crippen LogP contribution in [-0.4, -0.2) is 60.3 Å². The molecule has 1 saturated heterocycles. The molecular formula is C14H23N5O2. The monoisotopic (exact) mass is 293 g/mol.